The van der Waals surface area contributed by atoms with Crippen molar-refractivity contribution >= 4 is 46.7 Å². The number of methoxy groups -OCH3 is 2. The summed E-state index contributed by atoms with van der Waals surface area (Å²) >= 11 is 3.24. The van der Waals surface area contributed by atoms with Gasteiger partial charge in [0.2, 0.25) is 11.8 Å². The summed E-state index contributed by atoms with van der Waals surface area (Å²) in [7, 11) is 5.91. The van der Waals surface area contributed by atoms with E-state index in [1.807, 2.05) is 53.7 Å². The van der Waals surface area contributed by atoms with Crippen LogP contribution in [0.4, 0.5) is 9.59 Å². The lowest BCUT2D eigenvalue weighted by molar-refractivity contribution is -0.135. The van der Waals surface area contributed by atoms with Gasteiger partial charge in [0.1, 0.15) is 23.7 Å². The molecular formula is C34H46N8O6S2. The van der Waals surface area contributed by atoms with Crippen LogP contribution in [0.15, 0.2) is 36.7 Å². The minimum atomic E-state index is -0.735. The molecule has 0 fully saturated rings. The third-order valence-corrected chi connectivity index (χ3v) is 11.0. The molecule has 4 amide bonds. The average molecular weight is 727 g/mol. The van der Waals surface area contributed by atoms with Crippen molar-refractivity contribution in [3.63, 3.8) is 0 Å². The molecule has 0 bridgehead atoms. The van der Waals surface area contributed by atoms with Gasteiger partial charge in [-0.05, 0) is 49.9 Å². The fraction of sp³-hybridized carbons (Fsp3) is 0.471. The molecular weight excluding hydrogens is 681 g/mol. The summed E-state index contributed by atoms with van der Waals surface area (Å²) in [4.78, 5) is 73.3. The molecule has 16 heteroatoms. The van der Waals surface area contributed by atoms with Gasteiger partial charge in [-0.15, -0.1) is 22.7 Å². The van der Waals surface area contributed by atoms with E-state index in [4.69, 9.17) is 9.47 Å². The van der Waals surface area contributed by atoms with Crippen LogP contribution in [0.25, 0.3) is 30.9 Å². The Morgan fingerprint density at radius 3 is 1.30 bits per heavy atom. The van der Waals surface area contributed by atoms with Crippen LogP contribution in [0, 0.1) is 11.8 Å². The SMILES string of the molecule is COC(=O)NC(C(=O)N(C)C(C)c1ncc(-c2ccc(-c3ccc(-c4cnc(C(C)N(C)C(=O)C(NC(=O)OC)C(C)C)[nH]4)s3)s2)[nH]1)C(C)C. The van der Waals surface area contributed by atoms with Crippen LogP contribution in [0.1, 0.15) is 65.3 Å². The van der Waals surface area contributed by atoms with Crippen molar-refractivity contribution in [2.75, 3.05) is 28.3 Å². The number of aromatic nitrogens is 4. The minimum Gasteiger partial charge on any atom is -0.453 e. The highest BCUT2D eigenvalue weighted by Crippen LogP contribution is 2.40. The molecule has 4 aromatic rings. The molecule has 0 aliphatic rings. The third-order valence-electron chi connectivity index (χ3n) is 8.61. The summed E-state index contributed by atoms with van der Waals surface area (Å²) in [5.74, 6) is 0.497. The Labute approximate surface area is 300 Å². The highest BCUT2D eigenvalue weighted by atomic mass is 32.1. The highest BCUT2D eigenvalue weighted by Gasteiger charge is 2.32. The molecule has 0 saturated carbocycles. The van der Waals surface area contributed by atoms with Crippen LogP contribution >= 0.6 is 22.7 Å². The van der Waals surface area contributed by atoms with E-state index in [2.05, 4.69) is 42.7 Å². The summed E-state index contributed by atoms with van der Waals surface area (Å²) in [5, 5.41) is 5.26. The first-order chi connectivity index (χ1) is 23.7. The Hall–Kier alpha value is -4.70. The molecule has 0 aromatic carbocycles. The van der Waals surface area contributed by atoms with Gasteiger partial charge in [0.05, 0.1) is 59.8 Å². The predicted molar refractivity (Wildman–Crippen MR) is 193 cm³/mol. The van der Waals surface area contributed by atoms with E-state index in [0.717, 1.165) is 30.9 Å². The summed E-state index contributed by atoms with van der Waals surface area (Å²) in [6, 6.07) is 5.99. The maximum atomic E-state index is 13.3. The van der Waals surface area contributed by atoms with Crippen molar-refractivity contribution < 1.29 is 28.7 Å². The number of rotatable bonds is 13. The number of carbonyl (C=O) groups is 4. The number of imidazole rings is 2. The second-order valence-corrected chi connectivity index (χ2v) is 14.8. The molecule has 270 valence electrons. The standard InChI is InChI=1S/C34H46N8O6S2/c1-17(2)27(39-33(45)47-9)31(43)41(7)19(5)29-35-15-21(37-29)23-11-13-25(49-23)26-14-12-24(50-26)22-16-36-30(38-22)20(6)42(8)32(44)28(18(3)4)40-34(46)48-10/h11-20,27-28H,1-10H3,(H,35,37)(H,36,38)(H,39,45)(H,40,46). The van der Waals surface area contributed by atoms with Crippen LogP contribution in [0.3, 0.4) is 0 Å². The number of H-pyrrole nitrogens is 2. The van der Waals surface area contributed by atoms with Gasteiger partial charge in [0, 0.05) is 23.8 Å². The second-order valence-electron chi connectivity index (χ2n) is 12.7. The first-order valence-corrected chi connectivity index (χ1v) is 17.8. The molecule has 0 aliphatic carbocycles. The zero-order valence-electron chi connectivity index (χ0n) is 30.0. The fourth-order valence-electron chi connectivity index (χ4n) is 5.16. The van der Waals surface area contributed by atoms with Gasteiger partial charge in [-0.25, -0.2) is 19.6 Å². The summed E-state index contributed by atoms with van der Waals surface area (Å²) in [6.45, 7) is 11.2. The molecule has 4 unspecified atom stereocenters. The number of hydrogen-bond donors (Lipinski definition) is 4. The van der Waals surface area contributed by atoms with E-state index < -0.39 is 24.3 Å². The van der Waals surface area contributed by atoms with Gasteiger partial charge in [0.15, 0.2) is 0 Å². The van der Waals surface area contributed by atoms with Gasteiger partial charge in [-0.2, -0.15) is 0 Å². The van der Waals surface area contributed by atoms with Crippen LogP contribution in [-0.2, 0) is 19.1 Å². The molecule has 0 saturated heterocycles. The molecule has 0 aliphatic heterocycles. The van der Waals surface area contributed by atoms with E-state index in [-0.39, 0.29) is 35.7 Å². The average Bonchev–Trinajstić information content (AvgIpc) is 3.93. The molecule has 0 radical (unpaired) electrons. The highest BCUT2D eigenvalue weighted by molar-refractivity contribution is 7.25. The molecule has 4 aromatic heterocycles. The predicted octanol–water partition coefficient (Wildman–Crippen LogP) is 6.06. The number of ether oxygens (including phenoxy) is 2. The Morgan fingerprint density at radius 2 is 0.980 bits per heavy atom. The topological polar surface area (TPSA) is 175 Å². The van der Waals surface area contributed by atoms with Crippen LogP contribution in [0.2, 0.25) is 0 Å². The Morgan fingerprint density at radius 1 is 0.640 bits per heavy atom. The fourth-order valence-corrected chi connectivity index (χ4v) is 7.20. The van der Waals surface area contributed by atoms with Crippen molar-refractivity contribution in [2.24, 2.45) is 11.8 Å². The van der Waals surface area contributed by atoms with Crippen molar-refractivity contribution in [3.05, 3.63) is 48.3 Å². The number of hydrogen-bond acceptors (Lipinski definition) is 10. The van der Waals surface area contributed by atoms with Crippen molar-refractivity contribution in [3.8, 4) is 30.9 Å². The van der Waals surface area contributed by atoms with Gasteiger partial charge >= 0.3 is 12.2 Å². The van der Waals surface area contributed by atoms with Crippen LogP contribution in [0.5, 0.6) is 0 Å². The largest absolute Gasteiger partial charge is 0.453 e. The van der Waals surface area contributed by atoms with E-state index in [1.165, 1.54) is 14.2 Å². The van der Waals surface area contributed by atoms with Crippen molar-refractivity contribution in [1.29, 1.82) is 0 Å². The zero-order valence-corrected chi connectivity index (χ0v) is 31.6. The van der Waals surface area contributed by atoms with E-state index in [0.29, 0.717) is 11.6 Å². The summed E-state index contributed by atoms with van der Waals surface area (Å²) in [5.41, 5.74) is 1.67. The lowest BCUT2D eigenvalue weighted by Crippen LogP contribution is -2.50. The molecule has 4 rings (SSSR count). The number of nitrogens with one attached hydrogen (secondary N) is 4. The number of nitrogens with zero attached hydrogens (tertiary/aromatic N) is 4. The lowest BCUT2D eigenvalue weighted by atomic mass is 10.0. The maximum Gasteiger partial charge on any atom is 0.407 e. The Kier molecular flexibility index (Phi) is 12.5. The molecule has 4 N–H and O–H groups in total. The van der Waals surface area contributed by atoms with E-state index >= 15 is 0 Å². The lowest BCUT2D eigenvalue weighted by Gasteiger charge is -2.30. The second kappa shape index (κ2) is 16.3. The summed E-state index contributed by atoms with van der Waals surface area (Å²) < 4.78 is 9.40. The zero-order chi connectivity index (χ0) is 36.9. The smallest absolute Gasteiger partial charge is 0.407 e. The van der Waals surface area contributed by atoms with E-state index in [9.17, 15) is 19.2 Å². The number of aromatic amines is 2. The van der Waals surface area contributed by atoms with Crippen molar-refractivity contribution in [1.82, 2.24) is 40.4 Å². The normalized spacial score (nSPS) is 13.8. The van der Waals surface area contributed by atoms with Gasteiger partial charge < -0.3 is 39.9 Å². The Bertz CT molecular complexity index is 1660. The minimum absolute atomic E-state index is 0.136. The third kappa shape index (κ3) is 8.53. The summed E-state index contributed by atoms with van der Waals surface area (Å²) in [6.07, 6.45) is 2.21. The van der Waals surface area contributed by atoms with Gasteiger partial charge in [-0.3, -0.25) is 9.59 Å². The molecule has 50 heavy (non-hydrogen) atoms. The first kappa shape index (κ1) is 38.1. The molecule has 14 nitrogen and oxygen atoms in total. The number of amides is 4. The monoisotopic (exact) mass is 726 g/mol. The number of likely N-dealkylation sites (N-methyl/N-ethyl adjacent to an activating group) is 2. The molecule has 4 heterocycles. The molecule has 4 atom stereocenters. The van der Waals surface area contributed by atoms with Gasteiger partial charge in [-0.1, -0.05) is 27.7 Å². The van der Waals surface area contributed by atoms with Gasteiger partial charge in [0.25, 0.3) is 0 Å². The first-order valence-electron chi connectivity index (χ1n) is 16.2. The molecule has 0 spiro atoms. The number of thiophene rings is 2. The van der Waals surface area contributed by atoms with Crippen molar-refractivity contribution in [2.45, 2.75) is 65.7 Å². The van der Waals surface area contributed by atoms with E-state index in [1.54, 1.807) is 59.0 Å². The maximum absolute atomic E-state index is 13.3. The van der Waals surface area contributed by atoms with Crippen LogP contribution in [-0.4, -0.2) is 94.1 Å². The Balaban J connectivity index is 1.44. The van der Waals surface area contributed by atoms with Crippen LogP contribution < -0.4 is 10.6 Å². The number of carbonyl (C=O) groups excluding carboxylic acids is 4. The quantitative estimate of drug-likeness (QED) is 0.129. The number of alkyl carbamates (subject to hydrolysis) is 2.